The predicted molar refractivity (Wildman–Crippen MR) is 203 cm³/mol. The molecule has 0 aliphatic carbocycles. The molecule has 5 aromatic rings. The minimum Gasteiger partial charge on any atom is -0.369 e. The second kappa shape index (κ2) is 14.5. The normalized spacial score (nSPS) is 16.7. The Labute approximate surface area is 314 Å². The van der Waals surface area contributed by atoms with Gasteiger partial charge in [0.25, 0.3) is 11.8 Å². The molecule has 3 aromatic carbocycles. The number of sulfone groups is 1. The first-order valence-electron chi connectivity index (χ1n) is 17.2. The van der Waals surface area contributed by atoms with Gasteiger partial charge in [0, 0.05) is 47.5 Å². The number of carbonyl (C=O) groups is 2. The van der Waals surface area contributed by atoms with Gasteiger partial charge in [-0.15, -0.1) is 11.3 Å². The van der Waals surface area contributed by atoms with Gasteiger partial charge in [0.2, 0.25) is 0 Å². The smallest absolute Gasteiger partial charge is 0.265 e. The Morgan fingerprint density at radius 3 is 2.39 bits per heavy atom. The maximum Gasteiger partial charge on any atom is 0.265 e. The van der Waals surface area contributed by atoms with Crippen LogP contribution in [0.2, 0.25) is 0 Å². The Morgan fingerprint density at radius 1 is 0.907 bits per heavy atom. The number of amides is 2. The van der Waals surface area contributed by atoms with E-state index in [4.69, 9.17) is 0 Å². The number of benzene rings is 3. The van der Waals surface area contributed by atoms with Gasteiger partial charge in [0.05, 0.1) is 26.6 Å². The Bertz CT molecular complexity index is 2350. The number of anilines is 4. The number of carbonyl (C=O) groups excluding carboxylic acids is 2. The van der Waals surface area contributed by atoms with Crippen molar-refractivity contribution in [1.82, 2.24) is 4.98 Å². The highest BCUT2D eigenvalue weighted by atomic mass is 32.2. The fourth-order valence-electron chi connectivity index (χ4n) is 6.63. The summed E-state index contributed by atoms with van der Waals surface area (Å²) in [5, 5.41) is 16.8. The van der Waals surface area contributed by atoms with E-state index < -0.39 is 55.8 Å². The minimum atomic E-state index is -3.34. The van der Waals surface area contributed by atoms with Crippen LogP contribution in [0.25, 0.3) is 10.4 Å². The van der Waals surface area contributed by atoms with Crippen LogP contribution in [0.15, 0.2) is 85.1 Å². The van der Waals surface area contributed by atoms with Gasteiger partial charge in [0.15, 0.2) is 16.1 Å². The first-order valence-corrected chi connectivity index (χ1v) is 19.7. The highest BCUT2D eigenvalue weighted by molar-refractivity contribution is 7.92. The van der Waals surface area contributed by atoms with Gasteiger partial charge in [-0.1, -0.05) is 18.2 Å². The number of nitrogens with zero attached hydrogens (tertiary/aromatic N) is 3. The van der Waals surface area contributed by atoms with Crippen LogP contribution in [0.3, 0.4) is 0 Å². The molecule has 1 unspecified atom stereocenters. The van der Waals surface area contributed by atoms with E-state index in [0.717, 1.165) is 29.0 Å². The van der Waals surface area contributed by atoms with Gasteiger partial charge in [-0.2, -0.15) is 0 Å². The number of aromatic nitrogens is 1. The standard InChI is InChI=1S/C39H36F3N5O5S2/c1-39(2)15-18-46(19-20-54(39,51)52)35-28(5-4-16-43-35)36(48)44-26-11-8-23(9-12-26)38(50)47-17-14-24-21-32(37(49)45-33-29(41)6-3-7-30(33)42)53-34(24)27-13-10-25(40)22-31(27)47/h3-13,16,21-22,38,50H,14-15,17-20H2,1-2H3,(H,44,48)(H,45,49). The summed E-state index contributed by atoms with van der Waals surface area (Å²) >= 11 is 1.10. The van der Waals surface area contributed by atoms with Crippen LogP contribution in [0, 0.1) is 17.5 Å². The first-order chi connectivity index (χ1) is 25.7. The van der Waals surface area contributed by atoms with Crippen LogP contribution >= 0.6 is 11.3 Å². The highest BCUT2D eigenvalue weighted by Gasteiger charge is 2.38. The Morgan fingerprint density at radius 2 is 1.65 bits per heavy atom. The number of pyridine rings is 1. The Hall–Kier alpha value is -5.25. The third kappa shape index (κ3) is 7.18. The van der Waals surface area contributed by atoms with E-state index in [9.17, 15) is 36.3 Å². The molecule has 10 nitrogen and oxygen atoms in total. The van der Waals surface area contributed by atoms with Crippen molar-refractivity contribution in [2.45, 2.75) is 37.7 Å². The lowest BCUT2D eigenvalue weighted by Crippen LogP contribution is -2.33. The second-order valence-corrected chi connectivity index (χ2v) is 17.6. The molecule has 280 valence electrons. The molecular weight excluding hydrogens is 740 g/mol. The molecule has 7 rings (SSSR count). The molecular formula is C39H36F3N5O5S2. The number of nitrogens with one attached hydrogen (secondary N) is 2. The van der Waals surface area contributed by atoms with E-state index in [-0.39, 0.29) is 29.3 Å². The monoisotopic (exact) mass is 775 g/mol. The molecule has 2 amide bonds. The van der Waals surface area contributed by atoms with Crippen molar-refractivity contribution in [2.75, 3.05) is 45.8 Å². The van der Waals surface area contributed by atoms with E-state index in [1.807, 2.05) is 4.90 Å². The van der Waals surface area contributed by atoms with Crippen LogP contribution < -0.4 is 20.4 Å². The molecule has 2 aliphatic heterocycles. The van der Waals surface area contributed by atoms with Crippen molar-refractivity contribution in [1.29, 1.82) is 0 Å². The van der Waals surface area contributed by atoms with Gasteiger partial charge in [-0.3, -0.25) is 9.59 Å². The van der Waals surface area contributed by atoms with Gasteiger partial charge in [-0.25, -0.2) is 26.6 Å². The van der Waals surface area contributed by atoms with Crippen molar-refractivity contribution >= 4 is 55.9 Å². The zero-order valence-electron chi connectivity index (χ0n) is 29.3. The summed E-state index contributed by atoms with van der Waals surface area (Å²) in [6.07, 6.45) is 1.09. The third-order valence-electron chi connectivity index (χ3n) is 9.92. The van der Waals surface area contributed by atoms with Crippen LogP contribution in [-0.4, -0.2) is 60.5 Å². The number of hydrogen-bond donors (Lipinski definition) is 3. The summed E-state index contributed by atoms with van der Waals surface area (Å²) in [6.45, 7) is 4.28. The molecule has 3 N–H and O–H groups in total. The SMILES string of the molecule is CC1(C)CCN(c2ncccc2C(=O)Nc2ccc(C(O)N3CCc4cc(C(=O)Nc5c(F)cccc5F)sc4-c4ccc(F)cc43)cc2)CCS1(=O)=O. The number of halogens is 3. The molecule has 0 spiro atoms. The lowest BCUT2D eigenvalue weighted by molar-refractivity contribution is 0.102. The van der Waals surface area contributed by atoms with E-state index in [1.54, 1.807) is 73.5 Å². The summed E-state index contributed by atoms with van der Waals surface area (Å²) in [7, 11) is -3.34. The average Bonchev–Trinajstić information content (AvgIpc) is 3.46. The zero-order valence-corrected chi connectivity index (χ0v) is 30.9. The summed E-state index contributed by atoms with van der Waals surface area (Å²) in [4.78, 5) is 35.4. The summed E-state index contributed by atoms with van der Waals surface area (Å²) in [5.74, 6) is -3.13. The minimum absolute atomic E-state index is 0.0542. The molecule has 2 aromatic heterocycles. The molecule has 0 radical (unpaired) electrons. The molecule has 54 heavy (non-hydrogen) atoms. The number of fused-ring (bicyclic) bond motifs is 3. The molecule has 2 aliphatic rings. The first kappa shape index (κ1) is 37.1. The highest BCUT2D eigenvalue weighted by Crippen LogP contribution is 2.44. The Balaban J connectivity index is 1.08. The van der Waals surface area contributed by atoms with Crippen molar-refractivity contribution in [3.8, 4) is 10.4 Å². The molecule has 4 heterocycles. The largest absolute Gasteiger partial charge is 0.369 e. The fourth-order valence-corrected chi connectivity index (χ4v) is 9.18. The Kier molecular flexibility index (Phi) is 9.98. The van der Waals surface area contributed by atoms with Crippen molar-refractivity contribution < 1.29 is 36.3 Å². The molecule has 15 heteroatoms. The topological polar surface area (TPSA) is 132 Å². The summed E-state index contributed by atoms with van der Waals surface area (Å²) < 4.78 is 67.8. The van der Waals surface area contributed by atoms with Crippen molar-refractivity contribution in [3.05, 3.63) is 124 Å². The molecule has 1 fully saturated rings. The number of thiophene rings is 1. The lowest BCUT2D eigenvalue weighted by atomic mass is 10.1. The maximum absolute atomic E-state index is 14.7. The van der Waals surface area contributed by atoms with Gasteiger partial charge in [-0.05, 0) is 92.9 Å². The molecule has 1 atom stereocenters. The lowest BCUT2D eigenvalue weighted by Gasteiger charge is -2.30. The van der Waals surface area contributed by atoms with Crippen molar-refractivity contribution in [3.63, 3.8) is 0 Å². The van der Waals surface area contributed by atoms with E-state index in [2.05, 4.69) is 15.6 Å². The summed E-state index contributed by atoms with van der Waals surface area (Å²) in [6, 6.07) is 18.9. The third-order valence-corrected chi connectivity index (χ3v) is 13.7. The van der Waals surface area contributed by atoms with Crippen LogP contribution in [-0.2, 0) is 16.3 Å². The van der Waals surface area contributed by atoms with E-state index in [1.165, 1.54) is 18.2 Å². The van der Waals surface area contributed by atoms with Crippen molar-refractivity contribution in [2.24, 2.45) is 0 Å². The quantitative estimate of drug-likeness (QED) is 0.158. The number of aliphatic hydroxyl groups is 1. The zero-order chi connectivity index (χ0) is 38.4. The molecule has 0 bridgehead atoms. The fraction of sp³-hybridized carbons (Fsp3) is 0.256. The maximum atomic E-state index is 14.7. The van der Waals surface area contributed by atoms with Gasteiger partial charge < -0.3 is 25.5 Å². The average molecular weight is 776 g/mol. The number of aliphatic hydroxyl groups excluding tert-OH is 1. The van der Waals surface area contributed by atoms with E-state index in [0.29, 0.717) is 52.6 Å². The van der Waals surface area contributed by atoms with E-state index >= 15 is 0 Å². The predicted octanol–water partition coefficient (Wildman–Crippen LogP) is 7.19. The summed E-state index contributed by atoms with van der Waals surface area (Å²) in [5.41, 5.74) is 2.36. The van der Waals surface area contributed by atoms with Gasteiger partial charge in [0.1, 0.15) is 29.0 Å². The van der Waals surface area contributed by atoms with Crippen LogP contribution in [0.1, 0.15) is 57.7 Å². The van der Waals surface area contributed by atoms with Crippen LogP contribution in [0.5, 0.6) is 0 Å². The van der Waals surface area contributed by atoms with Gasteiger partial charge >= 0.3 is 0 Å². The molecule has 0 saturated carbocycles. The molecule has 1 saturated heterocycles. The van der Waals surface area contributed by atoms with Crippen LogP contribution in [0.4, 0.5) is 36.1 Å². The number of hydrogen-bond acceptors (Lipinski definition) is 9. The number of rotatable bonds is 7. The second-order valence-electron chi connectivity index (χ2n) is 13.8. The number of para-hydroxylation sites is 1.